The van der Waals surface area contributed by atoms with Crippen molar-refractivity contribution in [3.8, 4) is 0 Å². The average Bonchev–Trinajstić information content (AvgIpc) is 2.77. The second-order valence-corrected chi connectivity index (χ2v) is 8.06. The SMILES string of the molecule is CC(CCNC(C)(C)C)N1CCC2(CCCC2)CC1. The molecule has 1 unspecified atom stereocenters. The van der Waals surface area contributed by atoms with Crippen LogP contribution in [-0.2, 0) is 0 Å². The Morgan fingerprint density at radius 1 is 1.05 bits per heavy atom. The van der Waals surface area contributed by atoms with Crippen molar-refractivity contribution in [3.63, 3.8) is 0 Å². The first-order valence-corrected chi connectivity index (χ1v) is 8.39. The molecule has 1 heterocycles. The van der Waals surface area contributed by atoms with Crippen LogP contribution in [0, 0.1) is 5.41 Å². The lowest BCUT2D eigenvalue weighted by atomic mass is 9.77. The van der Waals surface area contributed by atoms with Gasteiger partial charge < -0.3 is 10.2 Å². The minimum Gasteiger partial charge on any atom is -0.312 e. The van der Waals surface area contributed by atoms with E-state index in [0.717, 1.165) is 18.0 Å². The molecule has 1 spiro atoms. The summed E-state index contributed by atoms with van der Waals surface area (Å²) in [5.41, 5.74) is 1.02. The second kappa shape index (κ2) is 6.13. The molecule has 2 fully saturated rings. The lowest BCUT2D eigenvalue weighted by molar-refractivity contribution is 0.0780. The van der Waals surface area contributed by atoms with Crippen molar-refractivity contribution in [2.75, 3.05) is 19.6 Å². The largest absolute Gasteiger partial charge is 0.312 e. The minimum atomic E-state index is 0.259. The highest BCUT2D eigenvalue weighted by molar-refractivity contribution is 4.90. The Kier molecular flexibility index (Phi) is 4.94. The fourth-order valence-corrected chi connectivity index (χ4v) is 3.90. The van der Waals surface area contributed by atoms with E-state index in [9.17, 15) is 0 Å². The molecule has 2 heteroatoms. The first kappa shape index (κ1) is 15.3. The van der Waals surface area contributed by atoms with Crippen LogP contribution in [0.1, 0.15) is 72.6 Å². The Morgan fingerprint density at radius 2 is 1.63 bits per heavy atom. The van der Waals surface area contributed by atoms with Crippen molar-refractivity contribution in [2.24, 2.45) is 5.41 Å². The van der Waals surface area contributed by atoms with E-state index in [2.05, 4.69) is 37.9 Å². The van der Waals surface area contributed by atoms with Gasteiger partial charge in [-0.1, -0.05) is 12.8 Å². The summed E-state index contributed by atoms with van der Waals surface area (Å²) in [5.74, 6) is 0. The Hall–Kier alpha value is -0.0800. The molecule has 0 aromatic rings. The number of rotatable bonds is 4. The van der Waals surface area contributed by atoms with Crippen molar-refractivity contribution in [3.05, 3.63) is 0 Å². The summed E-state index contributed by atoms with van der Waals surface area (Å²) in [5, 5.41) is 3.61. The van der Waals surface area contributed by atoms with Crippen LogP contribution in [0.25, 0.3) is 0 Å². The number of nitrogens with zero attached hydrogens (tertiary/aromatic N) is 1. The summed E-state index contributed by atoms with van der Waals surface area (Å²) in [4.78, 5) is 2.73. The van der Waals surface area contributed by atoms with Gasteiger partial charge in [0.25, 0.3) is 0 Å². The summed E-state index contributed by atoms with van der Waals surface area (Å²) >= 11 is 0. The molecule has 112 valence electrons. The van der Waals surface area contributed by atoms with Gasteiger partial charge in [-0.2, -0.15) is 0 Å². The zero-order chi connectivity index (χ0) is 13.9. The molecule has 0 radical (unpaired) electrons. The molecule has 0 bridgehead atoms. The Balaban J connectivity index is 1.69. The van der Waals surface area contributed by atoms with Crippen LogP contribution < -0.4 is 5.32 Å². The van der Waals surface area contributed by atoms with Gasteiger partial charge in [0.15, 0.2) is 0 Å². The van der Waals surface area contributed by atoms with Crippen molar-refractivity contribution < 1.29 is 0 Å². The Morgan fingerprint density at radius 3 is 2.16 bits per heavy atom. The summed E-state index contributed by atoms with van der Waals surface area (Å²) < 4.78 is 0. The molecule has 1 saturated heterocycles. The van der Waals surface area contributed by atoms with Gasteiger partial charge in [-0.3, -0.25) is 0 Å². The van der Waals surface area contributed by atoms with E-state index in [1.807, 2.05) is 0 Å². The summed E-state index contributed by atoms with van der Waals surface area (Å²) in [6.07, 6.45) is 10.2. The second-order valence-electron chi connectivity index (χ2n) is 8.06. The van der Waals surface area contributed by atoms with Crippen LogP contribution in [-0.4, -0.2) is 36.1 Å². The molecular formula is C17H34N2. The van der Waals surface area contributed by atoms with Crippen molar-refractivity contribution in [2.45, 2.75) is 84.2 Å². The molecule has 2 aliphatic rings. The fourth-order valence-electron chi connectivity index (χ4n) is 3.90. The molecule has 19 heavy (non-hydrogen) atoms. The van der Waals surface area contributed by atoms with Crippen LogP contribution in [0.2, 0.25) is 0 Å². The quantitative estimate of drug-likeness (QED) is 0.832. The number of piperidine rings is 1. The molecule has 1 aliphatic heterocycles. The lowest BCUT2D eigenvalue weighted by Gasteiger charge is -2.42. The number of hydrogen-bond acceptors (Lipinski definition) is 2. The van der Waals surface area contributed by atoms with E-state index >= 15 is 0 Å². The maximum absolute atomic E-state index is 3.61. The van der Waals surface area contributed by atoms with Gasteiger partial charge in [-0.25, -0.2) is 0 Å². The highest BCUT2D eigenvalue weighted by atomic mass is 15.2. The topological polar surface area (TPSA) is 15.3 Å². The van der Waals surface area contributed by atoms with Crippen molar-refractivity contribution in [1.29, 1.82) is 0 Å². The maximum Gasteiger partial charge on any atom is 0.00965 e. The lowest BCUT2D eigenvalue weighted by Crippen LogP contribution is -2.45. The molecule has 0 aromatic carbocycles. The van der Waals surface area contributed by atoms with E-state index < -0.39 is 0 Å². The van der Waals surface area contributed by atoms with Crippen LogP contribution in [0.3, 0.4) is 0 Å². The molecule has 1 atom stereocenters. The zero-order valence-electron chi connectivity index (χ0n) is 13.6. The normalized spacial score (nSPS) is 25.9. The molecule has 2 rings (SSSR count). The van der Waals surface area contributed by atoms with Gasteiger partial charge in [0.2, 0.25) is 0 Å². The molecule has 0 amide bonds. The maximum atomic E-state index is 3.61. The molecule has 1 aliphatic carbocycles. The predicted molar refractivity (Wildman–Crippen MR) is 83.5 cm³/mol. The van der Waals surface area contributed by atoms with E-state index in [4.69, 9.17) is 0 Å². The molecule has 0 aromatic heterocycles. The first-order valence-electron chi connectivity index (χ1n) is 8.39. The van der Waals surface area contributed by atoms with Crippen LogP contribution >= 0.6 is 0 Å². The molecule has 1 saturated carbocycles. The fraction of sp³-hybridized carbons (Fsp3) is 1.00. The van der Waals surface area contributed by atoms with E-state index in [1.54, 1.807) is 0 Å². The third-order valence-corrected chi connectivity index (χ3v) is 5.36. The van der Waals surface area contributed by atoms with E-state index in [-0.39, 0.29) is 5.54 Å². The van der Waals surface area contributed by atoms with Crippen molar-refractivity contribution >= 4 is 0 Å². The molecule has 1 N–H and O–H groups in total. The van der Waals surface area contributed by atoms with Gasteiger partial charge in [0.1, 0.15) is 0 Å². The molecule has 2 nitrogen and oxygen atoms in total. The predicted octanol–water partition coefficient (Wildman–Crippen LogP) is 3.81. The molecular weight excluding hydrogens is 232 g/mol. The Labute approximate surface area is 120 Å². The van der Waals surface area contributed by atoms with Crippen LogP contribution in [0.5, 0.6) is 0 Å². The van der Waals surface area contributed by atoms with E-state index in [0.29, 0.717) is 0 Å². The summed E-state index contributed by atoms with van der Waals surface area (Å²) in [6, 6.07) is 0.744. The number of hydrogen-bond donors (Lipinski definition) is 1. The van der Waals surface area contributed by atoms with Crippen molar-refractivity contribution in [1.82, 2.24) is 10.2 Å². The third kappa shape index (κ3) is 4.46. The standard InChI is InChI=1S/C17H34N2/c1-15(7-12-18-16(2,3)4)19-13-10-17(11-14-19)8-5-6-9-17/h15,18H,5-14H2,1-4H3. The van der Waals surface area contributed by atoms with E-state index in [1.165, 1.54) is 58.0 Å². The van der Waals surface area contributed by atoms with Gasteiger partial charge in [0, 0.05) is 11.6 Å². The highest BCUT2D eigenvalue weighted by Crippen LogP contribution is 2.46. The summed E-state index contributed by atoms with van der Waals surface area (Å²) in [6.45, 7) is 13.0. The summed E-state index contributed by atoms with van der Waals surface area (Å²) in [7, 11) is 0. The highest BCUT2D eigenvalue weighted by Gasteiger charge is 2.37. The zero-order valence-corrected chi connectivity index (χ0v) is 13.6. The van der Waals surface area contributed by atoms with Gasteiger partial charge in [-0.15, -0.1) is 0 Å². The smallest absolute Gasteiger partial charge is 0.00965 e. The number of likely N-dealkylation sites (tertiary alicyclic amines) is 1. The third-order valence-electron chi connectivity index (χ3n) is 5.36. The van der Waals surface area contributed by atoms with Crippen LogP contribution in [0.4, 0.5) is 0 Å². The first-order chi connectivity index (χ1) is 8.90. The van der Waals surface area contributed by atoms with Gasteiger partial charge in [0.05, 0.1) is 0 Å². The Bertz CT molecular complexity index is 263. The number of nitrogens with one attached hydrogen (secondary N) is 1. The monoisotopic (exact) mass is 266 g/mol. The van der Waals surface area contributed by atoms with Gasteiger partial charge in [-0.05, 0) is 84.8 Å². The minimum absolute atomic E-state index is 0.259. The van der Waals surface area contributed by atoms with Crippen LogP contribution in [0.15, 0.2) is 0 Å². The van der Waals surface area contributed by atoms with Gasteiger partial charge >= 0.3 is 0 Å². The average molecular weight is 266 g/mol.